The van der Waals surface area contributed by atoms with E-state index in [-0.39, 0.29) is 24.4 Å². The molecule has 6 nitrogen and oxygen atoms in total. The van der Waals surface area contributed by atoms with Gasteiger partial charge >= 0.3 is 0 Å². The van der Waals surface area contributed by atoms with Gasteiger partial charge in [-0.25, -0.2) is 4.98 Å². The number of piperazine rings is 1. The summed E-state index contributed by atoms with van der Waals surface area (Å²) in [5, 5.41) is 0. The van der Waals surface area contributed by atoms with E-state index in [1.807, 2.05) is 27.0 Å². The van der Waals surface area contributed by atoms with Crippen molar-refractivity contribution in [2.45, 2.75) is 46.2 Å². The fourth-order valence-corrected chi connectivity index (χ4v) is 2.77. The summed E-state index contributed by atoms with van der Waals surface area (Å²) in [7, 11) is 0. The molecule has 2 heterocycles. The molecule has 1 atom stereocenters. The summed E-state index contributed by atoms with van der Waals surface area (Å²) < 4.78 is 2.06. The van der Waals surface area contributed by atoms with Crippen LogP contribution in [-0.4, -0.2) is 56.8 Å². The molecule has 0 spiro atoms. The lowest BCUT2D eigenvalue weighted by molar-refractivity contribution is -0.155. The van der Waals surface area contributed by atoms with Crippen molar-refractivity contribution in [2.75, 3.05) is 19.6 Å². The summed E-state index contributed by atoms with van der Waals surface area (Å²) in [6.07, 6.45) is 5.42. The van der Waals surface area contributed by atoms with Crippen molar-refractivity contribution >= 4 is 11.8 Å². The minimum atomic E-state index is -0.346. The quantitative estimate of drug-likeness (QED) is 0.787. The number of amides is 2. The highest BCUT2D eigenvalue weighted by molar-refractivity contribution is 5.94. The minimum Gasteiger partial charge on any atom is -0.335 e. The van der Waals surface area contributed by atoms with Gasteiger partial charge in [-0.1, -0.05) is 6.92 Å². The van der Waals surface area contributed by atoms with Crippen LogP contribution in [0.15, 0.2) is 12.4 Å². The largest absolute Gasteiger partial charge is 0.335 e. The van der Waals surface area contributed by atoms with Crippen molar-refractivity contribution in [3.8, 4) is 0 Å². The molecule has 0 aliphatic carbocycles. The van der Waals surface area contributed by atoms with Gasteiger partial charge in [0.05, 0.1) is 6.54 Å². The van der Waals surface area contributed by atoms with Crippen LogP contribution in [0, 0.1) is 6.92 Å². The van der Waals surface area contributed by atoms with E-state index in [9.17, 15) is 9.59 Å². The van der Waals surface area contributed by atoms with Crippen molar-refractivity contribution in [3.63, 3.8) is 0 Å². The van der Waals surface area contributed by atoms with Crippen LogP contribution in [0.1, 0.15) is 32.5 Å². The summed E-state index contributed by atoms with van der Waals surface area (Å²) in [6.45, 7) is 8.12. The van der Waals surface area contributed by atoms with Gasteiger partial charge in [-0.2, -0.15) is 0 Å². The average molecular weight is 292 g/mol. The number of hydrogen-bond acceptors (Lipinski definition) is 3. The number of rotatable bonds is 6. The highest BCUT2D eigenvalue weighted by Gasteiger charge is 2.35. The molecular weight excluding hydrogens is 268 g/mol. The molecule has 1 aromatic heterocycles. The van der Waals surface area contributed by atoms with Crippen molar-refractivity contribution in [3.05, 3.63) is 18.2 Å². The van der Waals surface area contributed by atoms with Crippen molar-refractivity contribution in [2.24, 2.45) is 0 Å². The number of aryl methyl sites for hydroxylation is 2. The van der Waals surface area contributed by atoms with Crippen LogP contribution in [0.5, 0.6) is 0 Å². The molecule has 21 heavy (non-hydrogen) atoms. The van der Waals surface area contributed by atoms with Gasteiger partial charge in [-0.3, -0.25) is 9.59 Å². The predicted octanol–water partition coefficient (Wildman–Crippen LogP) is 1.05. The lowest BCUT2D eigenvalue weighted by Crippen LogP contribution is -2.59. The second kappa shape index (κ2) is 6.74. The van der Waals surface area contributed by atoms with Crippen LogP contribution in [0.2, 0.25) is 0 Å². The van der Waals surface area contributed by atoms with Crippen LogP contribution >= 0.6 is 0 Å². The van der Waals surface area contributed by atoms with Gasteiger partial charge < -0.3 is 14.4 Å². The first-order valence-electron chi connectivity index (χ1n) is 7.60. The van der Waals surface area contributed by atoms with E-state index in [1.54, 1.807) is 16.0 Å². The first-order chi connectivity index (χ1) is 10.0. The van der Waals surface area contributed by atoms with Gasteiger partial charge in [0.15, 0.2) is 0 Å². The highest BCUT2D eigenvalue weighted by atomic mass is 16.2. The Bertz CT molecular complexity index is 512. The maximum atomic E-state index is 12.2. The summed E-state index contributed by atoms with van der Waals surface area (Å²) >= 11 is 0. The smallest absolute Gasteiger partial charge is 0.245 e. The number of carbonyl (C=O) groups is 2. The van der Waals surface area contributed by atoms with Gasteiger partial charge in [-0.15, -0.1) is 0 Å². The molecule has 2 rings (SSSR count). The summed E-state index contributed by atoms with van der Waals surface area (Å²) in [4.78, 5) is 32.0. The molecule has 0 aromatic carbocycles. The van der Waals surface area contributed by atoms with Crippen molar-refractivity contribution < 1.29 is 9.59 Å². The van der Waals surface area contributed by atoms with Crippen LogP contribution in [0.4, 0.5) is 0 Å². The van der Waals surface area contributed by atoms with Gasteiger partial charge in [-0.05, 0) is 26.7 Å². The molecular formula is C15H24N4O2. The third-order valence-electron chi connectivity index (χ3n) is 4.00. The Balaban J connectivity index is 1.89. The highest BCUT2D eigenvalue weighted by Crippen LogP contribution is 2.13. The molecule has 0 saturated carbocycles. The van der Waals surface area contributed by atoms with E-state index in [0.29, 0.717) is 13.1 Å². The summed E-state index contributed by atoms with van der Waals surface area (Å²) in [5.74, 6) is 1.09. The topological polar surface area (TPSA) is 58.4 Å². The molecule has 0 N–H and O–H groups in total. The molecule has 6 heteroatoms. The molecule has 1 aliphatic rings. The molecule has 116 valence electrons. The number of aromatic nitrogens is 2. The molecule has 1 aliphatic heterocycles. The zero-order valence-corrected chi connectivity index (χ0v) is 13.1. The van der Waals surface area contributed by atoms with E-state index in [2.05, 4.69) is 9.55 Å². The zero-order chi connectivity index (χ0) is 15.4. The molecule has 0 unspecified atom stereocenters. The van der Waals surface area contributed by atoms with Crippen molar-refractivity contribution in [1.29, 1.82) is 0 Å². The molecule has 0 radical (unpaired) electrons. The van der Waals surface area contributed by atoms with Gasteiger partial charge in [0, 0.05) is 32.0 Å². The third kappa shape index (κ3) is 3.43. The van der Waals surface area contributed by atoms with Crippen molar-refractivity contribution in [1.82, 2.24) is 19.4 Å². The lowest BCUT2D eigenvalue weighted by atomic mass is 10.1. The Morgan fingerprint density at radius 1 is 1.29 bits per heavy atom. The summed E-state index contributed by atoms with van der Waals surface area (Å²) in [5.41, 5.74) is 0. The maximum absolute atomic E-state index is 12.2. The number of nitrogens with zero attached hydrogens (tertiary/aromatic N) is 4. The van der Waals surface area contributed by atoms with Gasteiger partial charge in [0.25, 0.3) is 0 Å². The summed E-state index contributed by atoms with van der Waals surface area (Å²) in [6, 6.07) is -0.346. The molecule has 0 bridgehead atoms. The average Bonchev–Trinajstić information content (AvgIpc) is 2.85. The van der Waals surface area contributed by atoms with Gasteiger partial charge in [0.2, 0.25) is 11.8 Å². The number of imidazole rings is 1. The van der Waals surface area contributed by atoms with E-state index >= 15 is 0 Å². The van der Waals surface area contributed by atoms with Crippen LogP contribution in [0.3, 0.4) is 0 Å². The fraction of sp³-hybridized carbons (Fsp3) is 0.667. The second-order valence-corrected chi connectivity index (χ2v) is 5.54. The standard InChI is InChI=1S/C15H24N4O2/c1-4-7-18-11-14(20)19(12(2)15(18)21)9-5-8-17-10-6-16-13(17)3/h6,10,12H,4-5,7-9,11H2,1-3H3/t12-/m1/s1. The molecule has 1 aromatic rings. The predicted molar refractivity (Wildman–Crippen MR) is 79.6 cm³/mol. The Hall–Kier alpha value is -1.85. The minimum absolute atomic E-state index is 0.0536. The third-order valence-corrected chi connectivity index (χ3v) is 4.00. The number of carbonyl (C=O) groups excluding carboxylic acids is 2. The Labute approximate surface area is 125 Å². The maximum Gasteiger partial charge on any atom is 0.245 e. The van der Waals surface area contributed by atoms with E-state index in [0.717, 1.165) is 25.2 Å². The SMILES string of the molecule is CCCN1CC(=O)N(CCCn2ccnc2C)[C@H](C)C1=O. The molecule has 2 amide bonds. The first-order valence-corrected chi connectivity index (χ1v) is 7.60. The van der Waals surface area contributed by atoms with Crippen LogP contribution in [-0.2, 0) is 16.1 Å². The van der Waals surface area contributed by atoms with E-state index in [4.69, 9.17) is 0 Å². The fourth-order valence-electron chi connectivity index (χ4n) is 2.77. The van der Waals surface area contributed by atoms with Gasteiger partial charge in [0.1, 0.15) is 11.9 Å². The first kappa shape index (κ1) is 15.5. The monoisotopic (exact) mass is 292 g/mol. The molecule has 1 fully saturated rings. The normalized spacial score (nSPS) is 19.5. The van der Waals surface area contributed by atoms with E-state index < -0.39 is 0 Å². The Kier molecular flexibility index (Phi) is 4.98. The lowest BCUT2D eigenvalue weighted by Gasteiger charge is -2.38. The Morgan fingerprint density at radius 2 is 2.05 bits per heavy atom. The zero-order valence-electron chi connectivity index (χ0n) is 13.1. The van der Waals surface area contributed by atoms with Crippen LogP contribution < -0.4 is 0 Å². The second-order valence-electron chi connectivity index (χ2n) is 5.54. The number of hydrogen-bond donors (Lipinski definition) is 0. The van der Waals surface area contributed by atoms with Crippen LogP contribution in [0.25, 0.3) is 0 Å². The van der Waals surface area contributed by atoms with E-state index in [1.165, 1.54) is 0 Å². The Morgan fingerprint density at radius 3 is 2.67 bits per heavy atom. The molecule has 1 saturated heterocycles.